The van der Waals surface area contributed by atoms with Gasteiger partial charge in [-0.25, -0.2) is 0 Å². The van der Waals surface area contributed by atoms with Gasteiger partial charge in [-0.1, -0.05) is 152 Å². The fraction of sp³-hybridized carbons (Fsp3) is 0.0159. The molecule has 0 spiro atoms. The van der Waals surface area contributed by atoms with Crippen molar-refractivity contribution in [3.63, 3.8) is 0 Å². The van der Waals surface area contributed by atoms with Crippen LogP contribution in [0.3, 0.4) is 0 Å². The van der Waals surface area contributed by atoms with Crippen molar-refractivity contribution in [2.75, 3.05) is 0 Å². The first-order valence-electron chi connectivity index (χ1n) is 22.8. The third kappa shape index (κ3) is 7.00. The van der Waals surface area contributed by atoms with E-state index in [0.717, 1.165) is 94.2 Å². The van der Waals surface area contributed by atoms with Crippen molar-refractivity contribution in [1.82, 2.24) is 9.13 Å². The van der Waals surface area contributed by atoms with E-state index < -0.39 is 11.7 Å². The van der Waals surface area contributed by atoms with E-state index in [1.54, 1.807) is 12.1 Å². The molecule has 0 fully saturated rings. The molecule has 0 amide bonds. The van der Waals surface area contributed by atoms with Crippen molar-refractivity contribution in [1.29, 1.82) is 10.5 Å². The zero-order valence-corrected chi connectivity index (χ0v) is 37.3. The predicted molar refractivity (Wildman–Crippen MR) is 277 cm³/mol. The van der Waals surface area contributed by atoms with Gasteiger partial charge in [0.05, 0.1) is 62.3 Å². The molecule has 0 aliphatic rings. The molecule has 0 unspecified atom stereocenters. The minimum atomic E-state index is -4.83. The van der Waals surface area contributed by atoms with Crippen LogP contribution in [0.1, 0.15) is 16.7 Å². The summed E-state index contributed by atoms with van der Waals surface area (Å²) in [5, 5.41) is 25.4. The normalized spacial score (nSPS) is 11.6. The number of hydrogen-bond acceptors (Lipinski definition) is 2. The lowest BCUT2D eigenvalue weighted by molar-refractivity contribution is -0.137. The lowest BCUT2D eigenvalue weighted by Gasteiger charge is -2.21. The maximum Gasteiger partial charge on any atom is 0.417 e. The van der Waals surface area contributed by atoms with Crippen LogP contribution in [0.5, 0.6) is 0 Å². The Hall–Kier alpha value is -9.43. The minimum Gasteiger partial charge on any atom is -0.307 e. The Bertz CT molecular complexity index is 3910. The number of fused-ring (bicyclic) bond motifs is 6. The van der Waals surface area contributed by atoms with Crippen LogP contribution in [0.25, 0.3) is 111 Å². The van der Waals surface area contributed by atoms with E-state index >= 15 is 13.2 Å². The molecule has 10 aromatic carbocycles. The number of halogens is 3. The van der Waals surface area contributed by atoms with Gasteiger partial charge >= 0.3 is 6.18 Å². The molecule has 0 saturated carbocycles. The highest BCUT2D eigenvalue weighted by molar-refractivity contribution is 6.14. The van der Waals surface area contributed by atoms with Crippen molar-refractivity contribution >= 4 is 43.6 Å². The van der Waals surface area contributed by atoms with E-state index in [4.69, 9.17) is 0 Å². The van der Waals surface area contributed by atoms with Gasteiger partial charge in [-0.15, -0.1) is 0 Å². The zero-order valence-electron chi connectivity index (χ0n) is 37.3. The lowest BCUT2D eigenvalue weighted by Crippen LogP contribution is -2.10. The Morgan fingerprint density at radius 2 is 0.671 bits per heavy atom. The van der Waals surface area contributed by atoms with Crippen LogP contribution >= 0.6 is 0 Å². The molecular formula is C63H37F3N4. The first-order chi connectivity index (χ1) is 34.3. The smallest absolute Gasteiger partial charge is 0.307 e. The average molecular weight is 907 g/mol. The number of aromatic nitrogens is 2. The van der Waals surface area contributed by atoms with Crippen LogP contribution in [0.15, 0.2) is 224 Å². The van der Waals surface area contributed by atoms with E-state index in [2.05, 4.69) is 137 Å². The van der Waals surface area contributed by atoms with Gasteiger partial charge in [0.15, 0.2) is 0 Å². The summed E-state index contributed by atoms with van der Waals surface area (Å²) in [6.07, 6.45) is -4.83. The Labute approximate surface area is 401 Å². The summed E-state index contributed by atoms with van der Waals surface area (Å²) in [6.45, 7) is 0. The number of nitrogens with zero attached hydrogens (tertiary/aromatic N) is 4. The molecule has 330 valence electrons. The van der Waals surface area contributed by atoms with Crippen LogP contribution in [0, 0.1) is 22.7 Å². The van der Waals surface area contributed by atoms with Gasteiger partial charge in [-0.3, -0.25) is 0 Å². The van der Waals surface area contributed by atoms with Gasteiger partial charge in [0.1, 0.15) is 0 Å². The van der Waals surface area contributed by atoms with E-state index in [-0.39, 0.29) is 22.3 Å². The first-order valence-corrected chi connectivity index (χ1v) is 22.8. The van der Waals surface area contributed by atoms with Crippen LogP contribution in [0.4, 0.5) is 13.2 Å². The maximum absolute atomic E-state index is 15.2. The monoisotopic (exact) mass is 906 g/mol. The fourth-order valence-electron chi connectivity index (χ4n) is 10.2. The molecule has 0 radical (unpaired) electrons. The summed E-state index contributed by atoms with van der Waals surface area (Å²) < 4.78 is 49.8. The molecule has 2 heterocycles. The fourth-order valence-corrected chi connectivity index (χ4v) is 10.2. The van der Waals surface area contributed by atoms with Crippen molar-refractivity contribution in [2.45, 2.75) is 6.18 Å². The third-order valence-corrected chi connectivity index (χ3v) is 13.4. The highest BCUT2D eigenvalue weighted by Crippen LogP contribution is 2.46. The molecule has 0 atom stereocenters. The van der Waals surface area contributed by atoms with Crippen molar-refractivity contribution in [3.05, 3.63) is 241 Å². The standard InChI is InChI=1S/C63H37F3N4/c64-63(65,66)55-23-13-22-48(38-67)62(55)50-37-61(70-58-30-26-46(42-18-9-3-10-19-42)34-53(58)54-35-47(27-31-59(54)70)43-20-11-4-12-21-43)60(36-49(50)39-68)69-56-28-24-44(40-14-5-1-6-15-40)32-51(56)52-33-45(25-29-57(52)69)41-16-7-2-8-17-41/h1-37H. The van der Waals surface area contributed by atoms with Crippen molar-refractivity contribution in [3.8, 4) is 79.1 Å². The first kappa shape index (κ1) is 42.0. The lowest BCUT2D eigenvalue weighted by atomic mass is 9.90. The van der Waals surface area contributed by atoms with E-state index in [0.29, 0.717) is 11.4 Å². The van der Waals surface area contributed by atoms with E-state index in [9.17, 15) is 10.5 Å². The quantitative estimate of drug-likeness (QED) is 0.160. The van der Waals surface area contributed by atoms with Crippen molar-refractivity contribution in [2.24, 2.45) is 0 Å². The molecule has 2 aromatic heterocycles. The summed E-state index contributed by atoms with van der Waals surface area (Å²) in [5.74, 6) is 0. The maximum atomic E-state index is 15.2. The summed E-state index contributed by atoms with van der Waals surface area (Å²) in [5.41, 5.74) is 11.0. The molecule has 7 heteroatoms. The van der Waals surface area contributed by atoms with Gasteiger partial charge in [-0.2, -0.15) is 23.7 Å². The molecule has 4 nitrogen and oxygen atoms in total. The minimum absolute atomic E-state index is 0.000955. The van der Waals surface area contributed by atoms with E-state index in [1.165, 1.54) is 12.1 Å². The molecule has 12 aromatic rings. The highest BCUT2D eigenvalue weighted by atomic mass is 19.4. The van der Waals surface area contributed by atoms with Gasteiger partial charge in [0, 0.05) is 32.7 Å². The second kappa shape index (κ2) is 16.7. The van der Waals surface area contributed by atoms with Crippen molar-refractivity contribution < 1.29 is 13.2 Å². The highest BCUT2D eigenvalue weighted by Gasteiger charge is 2.36. The van der Waals surface area contributed by atoms with Crippen LogP contribution < -0.4 is 0 Å². The molecule has 0 aliphatic heterocycles. The van der Waals surface area contributed by atoms with Gasteiger partial charge in [0.25, 0.3) is 0 Å². The molecular weight excluding hydrogens is 870 g/mol. The largest absolute Gasteiger partial charge is 0.417 e. The molecule has 12 rings (SSSR count). The number of hydrogen-bond donors (Lipinski definition) is 0. The topological polar surface area (TPSA) is 57.4 Å². The molecule has 0 aliphatic carbocycles. The number of nitriles is 2. The Balaban J connectivity index is 1.24. The summed E-state index contributed by atoms with van der Waals surface area (Å²) in [7, 11) is 0. The molecule has 0 saturated heterocycles. The van der Waals surface area contributed by atoms with Gasteiger partial charge in [-0.05, 0) is 117 Å². The van der Waals surface area contributed by atoms with Gasteiger partial charge < -0.3 is 9.13 Å². The molecule has 0 N–H and O–H groups in total. The van der Waals surface area contributed by atoms with E-state index in [1.807, 2.05) is 78.9 Å². The average Bonchev–Trinajstić information content (AvgIpc) is 3.92. The van der Waals surface area contributed by atoms with Crippen LogP contribution in [0.2, 0.25) is 0 Å². The third-order valence-electron chi connectivity index (χ3n) is 13.4. The number of alkyl halides is 3. The second-order valence-electron chi connectivity index (χ2n) is 17.4. The summed E-state index contributed by atoms with van der Waals surface area (Å²) >= 11 is 0. The molecule has 70 heavy (non-hydrogen) atoms. The summed E-state index contributed by atoms with van der Waals surface area (Å²) in [6, 6.07) is 77.2. The Morgan fingerprint density at radius 1 is 0.329 bits per heavy atom. The SMILES string of the molecule is N#Cc1cc(-n2c3ccc(-c4ccccc4)cc3c3cc(-c4ccccc4)ccc32)c(-n2c3ccc(-c4ccccc4)cc3c3cc(-c4ccccc4)ccc32)cc1-c1c(C#N)cccc1C(F)(F)F. The summed E-state index contributed by atoms with van der Waals surface area (Å²) in [4.78, 5) is 0. The number of rotatable bonds is 7. The predicted octanol–water partition coefficient (Wildman–Crippen LogP) is 17.0. The second-order valence-corrected chi connectivity index (χ2v) is 17.4. The Kier molecular flexibility index (Phi) is 10.0. The zero-order chi connectivity index (χ0) is 47.5. The molecule has 0 bridgehead atoms. The van der Waals surface area contributed by atoms with Crippen LogP contribution in [-0.4, -0.2) is 9.13 Å². The number of benzene rings is 10. The van der Waals surface area contributed by atoms with Gasteiger partial charge in [0.2, 0.25) is 0 Å². The van der Waals surface area contributed by atoms with Crippen LogP contribution in [-0.2, 0) is 6.18 Å². The Morgan fingerprint density at radius 3 is 1.00 bits per heavy atom.